The van der Waals surface area contributed by atoms with Gasteiger partial charge in [0.15, 0.2) is 6.29 Å². The van der Waals surface area contributed by atoms with Crippen LogP contribution >= 0.6 is 7.60 Å². The Bertz CT molecular complexity index is 353. The molecule has 1 fully saturated rings. The molecule has 3 N–H and O–H groups in total. The van der Waals surface area contributed by atoms with Gasteiger partial charge < -0.3 is 38.6 Å². The number of hydrogen-bond donors (Lipinski definition) is 3. The second-order valence-corrected chi connectivity index (χ2v) is 6.79. The summed E-state index contributed by atoms with van der Waals surface area (Å²) in [5.41, 5.74) is 0. The van der Waals surface area contributed by atoms with E-state index in [4.69, 9.17) is 18.7 Å². The van der Waals surface area contributed by atoms with Crippen LogP contribution in [-0.4, -0.2) is 86.7 Å². The average molecular weight is 330 g/mol. The molecule has 0 spiro atoms. The fourth-order valence-electron chi connectivity index (χ4n) is 1.70. The van der Waals surface area contributed by atoms with Crippen molar-refractivity contribution < 1.29 is 43.1 Å². The lowest BCUT2D eigenvalue weighted by molar-refractivity contribution is -0.301. The molecule has 1 aliphatic heterocycles. The number of aliphatic hydroxyl groups excluding tert-OH is 3. The first-order chi connectivity index (χ1) is 9.82. The van der Waals surface area contributed by atoms with Gasteiger partial charge in [-0.15, -0.1) is 0 Å². The van der Waals surface area contributed by atoms with Gasteiger partial charge in [-0.1, -0.05) is 0 Å². The SMILES string of the molecule is COCCOC1OC(COP(C)(=O)OC)[C@H](O)C(O)C1O. The van der Waals surface area contributed by atoms with Crippen LogP contribution in [0.3, 0.4) is 0 Å². The number of hydrogen-bond acceptors (Lipinski definition) is 9. The summed E-state index contributed by atoms with van der Waals surface area (Å²) in [5.74, 6) is 0. The third-order valence-electron chi connectivity index (χ3n) is 3.04. The van der Waals surface area contributed by atoms with E-state index in [2.05, 4.69) is 4.52 Å². The van der Waals surface area contributed by atoms with Gasteiger partial charge in [0, 0.05) is 20.9 Å². The second-order valence-electron chi connectivity index (χ2n) is 4.63. The number of methoxy groups -OCH3 is 1. The molecule has 9 nitrogen and oxygen atoms in total. The Morgan fingerprint density at radius 2 is 1.76 bits per heavy atom. The first-order valence-electron chi connectivity index (χ1n) is 6.40. The molecule has 0 amide bonds. The minimum Gasteiger partial charge on any atom is -0.387 e. The smallest absolute Gasteiger partial charge is 0.327 e. The molecular weight excluding hydrogens is 307 g/mol. The fourth-order valence-corrected chi connectivity index (χ4v) is 2.22. The van der Waals surface area contributed by atoms with Gasteiger partial charge in [0.05, 0.1) is 19.8 Å². The van der Waals surface area contributed by atoms with Crippen molar-refractivity contribution in [3.05, 3.63) is 0 Å². The van der Waals surface area contributed by atoms with Gasteiger partial charge >= 0.3 is 7.60 Å². The van der Waals surface area contributed by atoms with Crippen LogP contribution in [0, 0.1) is 0 Å². The van der Waals surface area contributed by atoms with E-state index in [1.54, 1.807) is 0 Å². The first-order valence-corrected chi connectivity index (χ1v) is 8.39. The van der Waals surface area contributed by atoms with Crippen molar-refractivity contribution in [3.63, 3.8) is 0 Å². The Balaban J connectivity index is 2.60. The monoisotopic (exact) mass is 330 g/mol. The zero-order chi connectivity index (χ0) is 16.0. The minimum absolute atomic E-state index is 0.138. The molecular formula is C11H23O9P. The summed E-state index contributed by atoms with van der Waals surface area (Å²) in [6.45, 7) is 1.40. The largest absolute Gasteiger partial charge is 0.387 e. The predicted molar refractivity (Wildman–Crippen MR) is 71.0 cm³/mol. The summed E-state index contributed by atoms with van der Waals surface area (Å²) in [6.07, 6.45) is -6.45. The maximum Gasteiger partial charge on any atom is 0.327 e. The molecule has 6 atom stereocenters. The van der Waals surface area contributed by atoms with E-state index in [-0.39, 0.29) is 19.8 Å². The maximum atomic E-state index is 11.6. The van der Waals surface area contributed by atoms with Crippen molar-refractivity contribution >= 4 is 7.60 Å². The van der Waals surface area contributed by atoms with Gasteiger partial charge in [-0.25, -0.2) is 0 Å². The average Bonchev–Trinajstić information content (AvgIpc) is 2.46. The molecule has 0 aromatic rings. The summed E-state index contributed by atoms with van der Waals surface area (Å²) in [6, 6.07) is 0. The lowest BCUT2D eigenvalue weighted by Crippen LogP contribution is -2.59. The molecule has 0 bridgehead atoms. The quantitative estimate of drug-likeness (QED) is 0.377. The maximum absolute atomic E-state index is 11.6. The fraction of sp³-hybridized carbons (Fsp3) is 1.00. The van der Waals surface area contributed by atoms with Gasteiger partial charge in [-0.3, -0.25) is 4.57 Å². The number of rotatable bonds is 8. The standard InChI is InChI=1S/C11H23O9P/c1-16-4-5-18-11-10(14)9(13)8(12)7(20-11)6-19-21(3,15)17-2/h7-14H,4-6H2,1-3H3/t7?,8-,9?,10?,11?,21?/m0/s1. The van der Waals surface area contributed by atoms with Crippen LogP contribution in [0.2, 0.25) is 0 Å². The van der Waals surface area contributed by atoms with Gasteiger partial charge in [0.2, 0.25) is 0 Å². The molecule has 1 saturated heterocycles. The summed E-state index contributed by atoms with van der Waals surface area (Å²) in [4.78, 5) is 0. The Morgan fingerprint density at radius 3 is 2.33 bits per heavy atom. The third-order valence-corrected chi connectivity index (χ3v) is 4.32. The van der Waals surface area contributed by atoms with Crippen LogP contribution in [-0.2, 0) is 27.8 Å². The molecule has 0 aliphatic carbocycles. The lowest BCUT2D eigenvalue weighted by atomic mass is 9.99. The highest BCUT2D eigenvalue weighted by molar-refractivity contribution is 7.52. The molecule has 0 saturated carbocycles. The van der Waals surface area contributed by atoms with Crippen molar-refractivity contribution in [1.29, 1.82) is 0 Å². The molecule has 0 aromatic carbocycles. The zero-order valence-electron chi connectivity index (χ0n) is 12.2. The van der Waals surface area contributed by atoms with Gasteiger partial charge in [0.25, 0.3) is 0 Å². The molecule has 126 valence electrons. The second kappa shape index (κ2) is 8.52. The number of ether oxygens (including phenoxy) is 3. The topological polar surface area (TPSA) is 124 Å². The molecule has 5 unspecified atom stereocenters. The Kier molecular flexibility index (Phi) is 7.69. The third kappa shape index (κ3) is 5.55. The van der Waals surface area contributed by atoms with E-state index in [0.717, 1.165) is 0 Å². The van der Waals surface area contributed by atoms with E-state index in [0.29, 0.717) is 0 Å². The van der Waals surface area contributed by atoms with Crippen LogP contribution in [0.4, 0.5) is 0 Å². The Hall–Kier alpha value is -0.0900. The predicted octanol–water partition coefficient (Wildman–Crippen LogP) is -1.06. The van der Waals surface area contributed by atoms with Crippen LogP contribution in [0.5, 0.6) is 0 Å². The highest BCUT2D eigenvalue weighted by atomic mass is 31.2. The van der Waals surface area contributed by atoms with Crippen molar-refractivity contribution in [1.82, 2.24) is 0 Å². The molecule has 0 radical (unpaired) electrons. The van der Waals surface area contributed by atoms with E-state index in [1.165, 1.54) is 20.9 Å². The van der Waals surface area contributed by atoms with Gasteiger partial charge in [0.1, 0.15) is 24.4 Å². The lowest BCUT2D eigenvalue weighted by Gasteiger charge is -2.40. The molecule has 1 heterocycles. The molecule has 10 heteroatoms. The molecule has 1 aliphatic rings. The van der Waals surface area contributed by atoms with E-state index in [1.807, 2.05) is 0 Å². The summed E-state index contributed by atoms with van der Waals surface area (Å²) in [7, 11) is -0.527. The van der Waals surface area contributed by atoms with E-state index in [9.17, 15) is 19.9 Å². The Morgan fingerprint density at radius 1 is 1.10 bits per heavy atom. The first kappa shape index (κ1) is 19.0. The summed E-state index contributed by atoms with van der Waals surface area (Å²) >= 11 is 0. The van der Waals surface area contributed by atoms with Crippen molar-refractivity contribution in [2.45, 2.75) is 30.7 Å². The molecule has 21 heavy (non-hydrogen) atoms. The van der Waals surface area contributed by atoms with Gasteiger partial charge in [-0.05, 0) is 0 Å². The summed E-state index contributed by atoms with van der Waals surface area (Å²) in [5, 5.41) is 29.4. The number of aliphatic hydroxyl groups is 3. The van der Waals surface area contributed by atoms with Crippen LogP contribution in [0.15, 0.2) is 0 Å². The highest BCUT2D eigenvalue weighted by Gasteiger charge is 2.44. The normalized spacial score (nSPS) is 36.4. The molecule has 0 aromatic heterocycles. The highest BCUT2D eigenvalue weighted by Crippen LogP contribution is 2.43. The summed E-state index contributed by atoms with van der Waals surface area (Å²) < 4.78 is 36.6. The van der Waals surface area contributed by atoms with E-state index < -0.39 is 38.3 Å². The zero-order valence-corrected chi connectivity index (χ0v) is 13.1. The van der Waals surface area contributed by atoms with Crippen LogP contribution in [0.1, 0.15) is 0 Å². The van der Waals surface area contributed by atoms with Crippen LogP contribution < -0.4 is 0 Å². The van der Waals surface area contributed by atoms with Crippen molar-refractivity contribution in [3.8, 4) is 0 Å². The van der Waals surface area contributed by atoms with Crippen LogP contribution in [0.25, 0.3) is 0 Å². The van der Waals surface area contributed by atoms with Crippen molar-refractivity contribution in [2.24, 2.45) is 0 Å². The molecule has 1 rings (SSSR count). The van der Waals surface area contributed by atoms with Crippen molar-refractivity contribution in [2.75, 3.05) is 40.7 Å². The van der Waals surface area contributed by atoms with Gasteiger partial charge in [-0.2, -0.15) is 0 Å². The minimum atomic E-state index is -3.24. The Labute approximate surface area is 123 Å². The van der Waals surface area contributed by atoms with E-state index >= 15 is 0 Å².